The van der Waals surface area contributed by atoms with Crippen molar-refractivity contribution in [2.45, 2.75) is 56.3 Å². The van der Waals surface area contributed by atoms with E-state index in [9.17, 15) is 19.5 Å². The van der Waals surface area contributed by atoms with E-state index in [4.69, 9.17) is 9.47 Å². The second kappa shape index (κ2) is 13.5. The third-order valence-corrected chi connectivity index (χ3v) is 7.15. The van der Waals surface area contributed by atoms with Gasteiger partial charge in [-0.1, -0.05) is 48.9 Å². The Labute approximate surface area is 223 Å². The molecule has 204 valence electrons. The quantitative estimate of drug-likeness (QED) is 0.338. The molecule has 2 amide bonds. The number of aliphatic hydroxyl groups excluding tert-OH is 1. The van der Waals surface area contributed by atoms with Gasteiger partial charge < -0.3 is 25.2 Å². The highest BCUT2D eigenvalue weighted by molar-refractivity contribution is 5.96. The van der Waals surface area contributed by atoms with Crippen molar-refractivity contribution in [3.63, 3.8) is 0 Å². The average Bonchev–Trinajstić information content (AvgIpc) is 3.79. The van der Waals surface area contributed by atoms with Gasteiger partial charge in [-0.2, -0.15) is 0 Å². The smallest absolute Gasteiger partial charge is 0.243 e. The second-order valence-corrected chi connectivity index (χ2v) is 9.95. The summed E-state index contributed by atoms with van der Waals surface area (Å²) in [7, 11) is 1.58. The number of ketones is 1. The van der Waals surface area contributed by atoms with Crippen LogP contribution >= 0.6 is 0 Å². The first-order chi connectivity index (χ1) is 18.5. The van der Waals surface area contributed by atoms with Gasteiger partial charge in [-0.15, -0.1) is 0 Å². The molecule has 4 rings (SSSR count). The van der Waals surface area contributed by atoms with Gasteiger partial charge in [0.15, 0.2) is 5.78 Å². The summed E-state index contributed by atoms with van der Waals surface area (Å²) in [5.41, 5.74) is 1.76. The van der Waals surface area contributed by atoms with Crippen LogP contribution in [0.2, 0.25) is 0 Å². The molecule has 0 bridgehead atoms. The fraction of sp³-hybridized carbons (Fsp3) is 0.483. The molecule has 2 heterocycles. The summed E-state index contributed by atoms with van der Waals surface area (Å²) < 4.78 is 10.4. The summed E-state index contributed by atoms with van der Waals surface area (Å²) >= 11 is 0. The predicted molar refractivity (Wildman–Crippen MR) is 142 cm³/mol. The molecule has 2 aromatic rings. The van der Waals surface area contributed by atoms with Crippen LogP contribution in [0.5, 0.6) is 5.75 Å². The van der Waals surface area contributed by atoms with Gasteiger partial charge in [-0.3, -0.25) is 19.3 Å². The van der Waals surface area contributed by atoms with Crippen LogP contribution in [0.25, 0.3) is 0 Å². The van der Waals surface area contributed by atoms with Gasteiger partial charge >= 0.3 is 0 Å². The topological polar surface area (TPSA) is 120 Å². The molecule has 0 radical (unpaired) electrons. The summed E-state index contributed by atoms with van der Waals surface area (Å²) in [6.07, 6.45) is 2.90. The fourth-order valence-electron chi connectivity index (χ4n) is 4.89. The third-order valence-electron chi connectivity index (χ3n) is 7.15. The average molecular weight is 524 g/mol. The zero-order chi connectivity index (χ0) is 26.9. The van der Waals surface area contributed by atoms with Crippen molar-refractivity contribution >= 4 is 17.6 Å². The molecule has 2 aromatic carbocycles. The maximum Gasteiger partial charge on any atom is 0.243 e. The molecule has 38 heavy (non-hydrogen) atoms. The van der Waals surface area contributed by atoms with E-state index < -0.39 is 24.1 Å². The molecule has 9 heteroatoms. The van der Waals surface area contributed by atoms with Crippen molar-refractivity contribution in [1.82, 2.24) is 15.5 Å². The van der Waals surface area contributed by atoms with Crippen molar-refractivity contribution in [3.8, 4) is 5.75 Å². The molecule has 0 saturated carbocycles. The van der Waals surface area contributed by atoms with E-state index in [1.54, 1.807) is 19.2 Å². The van der Waals surface area contributed by atoms with Crippen LogP contribution in [-0.2, 0) is 32.0 Å². The van der Waals surface area contributed by atoms with E-state index >= 15 is 0 Å². The standard InChI is InChI=1S/C29H37N3O6/c1-37-23-12-10-21(11-13-23)16-25(30-27(34)17-32-14-6-5-9-22(32)18-33)29(36)31-24(28(35)26-19-38-26)15-20-7-3-2-4-8-20/h2-4,7-8,10-13,22,24-26,33H,5-6,9,14-19H2,1H3,(H,30,34)(H,31,36)/t22-,24-,25-,26+/m0/s1. The molecule has 0 unspecified atom stereocenters. The first-order valence-electron chi connectivity index (χ1n) is 13.2. The number of aliphatic hydroxyl groups is 1. The second-order valence-electron chi connectivity index (χ2n) is 9.95. The zero-order valence-corrected chi connectivity index (χ0v) is 21.8. The fourth-order valence-corrected chi connectivity index (χ4v) is 4.89. The van der Waals surface area contributed by atoms with Gasteiger partial charge in [0.2, 0.25) is 11.8 Å². The van der Waals surface area contributed by atoms with Crippen LogP contribution < -0.4 is 15.4 Å². The Morgan fingerprint density at radius 3 is 2.34 bits per heavy atom. The Morgan fingerprint density at radius 1 is 1.00 bits per heavy atom. The minimum atomic E-state index is -0.889. The Balaban J connectivity index is 1.48. The number of carbonyl (C=O) groups is 3. The Bertz CT molecular complexity index is 1070. The van der Waals surface area contributed by atoms with Gasteiger partial charge in [0.1, 0.15) is 17.9 Å². The highest BCUT2D eigenvalue weighted by Crippen LogP contribution is 2.18. The first-order valence-corrected chi connectivity index (χ1v) is 13.2. The zero-order valence-electron chi connectivity index (χ0n) is 21.8. The lowest BCUT2D eigenvalue weighted by Crippen LogP contribution is -2.55. The summed E-state index contributed by atoms with van der Waals surface area (Å²) in [6.45, 7) is 1.17. The number of rotatable bonds is 13. The molecule has 0 spiro atoms. The molecule has 2 aliphatic heterocycles. The normalized spacial score (nSPS) is 20.7. The van der Waals surface area contributed by atoms with Crippen LogP contribution in [-0.4, -0.2) is 85.2 Å². The van der Waals surface area contributed by atoms with E-state index in [1.165, 1.54) is 0 Å². The number of hydrogen-bond donors (Lipinski definition) is 3. The van der Waals surface area contributed by atoms with Gasteiger partial charge in [0, 0.05) is 12.5 Å². The number of nitrogens with zero attached hydrogens (tertiary/aromatic N) is 1. The SMILES string of the molecule is COc1ccc(C[C@H](NC(=O)CN2CCCC[C@H]2CO)C(=O)N[C@@H](Cc2ccccc2)C(=O)[C@H]2CO2)cc1. The number of piperidine rings is 1. The number of methoxy groups -OCH3 is 1. The predicted octanol–water partition coefficient (Wildman–Crippen LogP) is 1.26. The van der Waals surface area contributed by atoms with Crippen molar-refractivity contribution < 1.29 is 29.0 Å². The van der Waals surface area contributed by atoms with Gasteiger partial charge in [-0.05, 0) is 49.1 Å². The molecule has 9 nitrogen and oxygen atoms in total. The maximum atomic E-state index is 13.6. The molecule has 2 saturated heterocycles. The van der Waals surface area contributed by atoms with Crippen LogP contribution in [0.15, 0.2) is 54.6 Å². The molecule has 2 fully saturated rings. The Kier molecular flexibility index (Phi) is 9.86. The molecular formula is C29H37N3O6. The van der Waals surface area contributed by atoms with Gasteiger partial charge in [0.25, 0.3) is 0 Å². The van der Waals surface area contributed by atoms with Gasteiger partial charge in [-0.25, -0.2) is 0 Å². The lowest BCUT2D eigenvalue weighted by Gasteiger charge is -2.34. The Hall–Kier alpha value is -3.27. The largest absolute Gasteiger partial charge is 0.497 e. The summed E-state index contributed by atoms with van der Waals surface area (Å²) in [5.74, 6) is -0.204. The van der Waals surface area contributed by atoms with Crippen molar-refractivity contribution in [2.24, 2.45) is 0 Å². The highest BCUT2D eigenvalue weighted by atomic mass is 16.6. The Morgan fingerprint density at radius 2 is 1.68 bits per heavy atom. The van der Waals surface area contributed by atoms with Crippen molar-refractivity contribution in [1.29, 1.82) is 0 Å². The number of carbonyl (C=O) groups excluding carboxylic acids is 3. The van der Waals surface area contributed by atoms with E-state index in [2.05, 4.69) is 10.6 Å². The van der Waals surface area contributed by atoms with Crippen LogP contribution in [0.3, 0.4) is 0 Å². The molecule has 2 aliphatic rings. The van der Waals surface area contributed by atoms with Crippen LogP contribution in [0.4, 0.5) is 0 Å². The molecular weight excluding hydrogens is 486 g/mol. The number of amides is 2. The number of nitrogens with one attached hydrogen (secondary N) is 2. The minimum Gasteiger partial charge on any atom is -0.497 e. The number of benzene rings is 2. The van der Waals surface area contributed by atoms with E-state index in [0.29, 0.717) is 18.8 Å². The number of epoxide rings is 1. The lowest BCUT2D eigenvalue weighted by atomic mass is 9.99. The third kappa shape index (κ3) is 7.86. The van der Waals surface area contributed by atoms with E-state index in [0.717, 1.165) is 36.9 Å². The van der Waals surface area contributed by atoms with Crippen LogP contribution in [0, 0.1) is 0 Å². The van der Waals surface area contributed by atoms with Crippen molar-refractivity contribution in [2.75, 3.05) is 33.4 Å². The number of Topliss-reactive ketones (excluding diaryl/α,β-unsaturated/α-hetero) is 1. The van der Waals surface area contributed by atoms with Crippen molar-refractivity contribution in [3.05, 3.63) is 65.7 Å². The molecule has 3 N–H and O–H groups in total. The summed E-state index contributed by atoms with van der Waals surface area (Å²) in [4.78, 5) is 41.6. The number of likely N-dealkylation sites (tertiary alicyclic amines) is 1. The minimum absolute atomic E-state index is 0.00441. The number of hydrogen-bond acceptors (Lipinski definition) is 7. The van der Waals surface area contributed by atoms with Crippen LogP contribution in [0.1, 0.15) is 30.4 Å². The monoisotopic (exact) mass is 523 g/mol. The van der Waals surface area contributed by atoms with E-state index in [-0.39, 0.29) is 37.3 Å². The number of ether oxygens (including phenoxy) is 2. The lowest BCUT2D eigenvalue weighted by molar-refractivity contribution is -0.132. The van der Waals surface area contributed by atoms with Gasteiger partial charge in [0.05, 0.1) is 32.9 Å². The molecule has 0 aliphatic carbocycles. The maximum absolute atomic E-state index is 13.6. The summed E-state index contributed by atoms with van der Waals surface area (Å²) in [6, 6.07) is 15.1. The molecule has 4 atom stereocenters. The summed E-state index contributed by atoms with van der Waals surface area (Å²) in [5, 5.41) is 15.5. The molecule has 0 aromatic heterocycles. The van der Waals surface area contributed by atoms with E-state index in [1.807, 2.05) is 47.4 Å². The first kappa shape index (κ1) is 27.8. The highest BCUT2D eigenvalue weighted by Gasteiger charge is 2.38.